The van der Waals surface area contributed by atoms with Gasteiger partial charge >= 0.3 is 0 Å². The number of ether oxygens (including phenoxy) is 2. The Bertz CT molecular complexity index is 754. The lowest BCUT2D eigenvalue weighted by Crippen LogP contribution is -2.27. The Hall–Kier alpha value is -2.14. The first kappa shape index (κ1) is 18.6. The van der Waals surface area contributed by atoms with Gasteiger partial charge in [-0.15, -0.1) is 0 Å². The number of fused-ring (bicyclic) bond motifs is 1. The van der Waals surface area contributed by atoms with Crippen LogP contribution in [0.3, 0.4) is 0 Å². The molecule has 0 spiro atoms. The molecule has 2 aromatic rings. The molecule has 1 aliphatic carbocycles. The predicted octanol–water partition coefficient (Wildman–Crippen LogP) is 4.02. The summed E-state index contributed by atoms with van der Waals surface area (Å²) in [6.07, 6.45) is 7.51. The van der Waals surface area contributed by atoms with Crippen molar-refractivity contribution < 1.29 is 14.3 Å². The zero-order valence-electron chi connectivity index (χ0n) is 15.7. The summed E-state index contributed by atoms with van der Waals surface area (Å²) in [6.45, 7) is 3.19. The molecular weight excluding hydrogens is 328 g/mol. The quantitative estimate of drug-likeness (QED) is 0.761. The van der Waals surface area contributed by atoms with Crippen molar-refractivity contribution in [3.63, 3.8) is 0 Å². The number of pyridine rings is 1. The molecule has 1 N–H and O–H groups in total. The molecule has 0 saturated heterocycles. The Morgan fingerprint density at radius 3 is 2.81 bits per heavy atom. The second-order valence-electron chi connectivity index (χ2n) is 6.92. The summed E-state index contributed by atoms with van der Waals surface area (Å²) >= 11 is 0. The van der Waals surface area contributed by atoms with Gasteiger partial charge in [0.15, 0.2) is 0 Å². The van der Waals surface area contributed by atoms with E-state index in [9.17, 15) is 4.79 Å². The number of aromatic nitrogens is 1. The van der Waals surface area contributed by atoms with Crippen LogP contribution >= 0.6 is 0 Å². The molecule has 26 heavy (non-hydrogen) atoms. The van der Waals surface area contributed by atoms with Crippen LogP contribution in [0.1, 0.15) is 54.6 Å². The third-order valence-electron chi connectivity index (χ3n) is 4.97. The van der Waals surface area contributed by atoms with Gasteiger partial charge in [0.25, 0.3) is 5.91 Å². The van der Waals surface area contributed by atoms with E-state index in [4.69, 9.17) is 9.47 Å². The van der Waals surface area contributed by atoms with E-state index in [-0.39, 0.29) is 5.91 Å². The van der Waals surface area contributed by atoms with Crippen molar-refractivity contribution in [2.24, 2.45) is 0 Å². The maximum Gasteiger partial charge on any atom is 0.253 e. The van der Waals surface area contributed by atoms with E-state index in [0.29, 0.717) is 24.8 Å². The molecule has 0 radical (unpaired) electrons. The van der Waals surface area contributed by atoms with Gasteiger partial charge in [-0.2, -0.15) is 0 Å². The highest BCUT2D eigenvalue weighted by Crippen LogP contribution is 2.22. The minimum absolute atomic E-state index is 0.0783. The van der Waals surface area contributed by atoms with E-state index in [1.807, 2.05) is 31.2 Å². The monoisotopic (exact) mass is 356 g/mol. The molecule has 5 nitrogen and oxygen atoms in total. The molecule has 0 bridgehead atoms. The van der Waals surface area contributed by atoms with Crippen LogP contribution in [0, 0.1) is 6.92 Å². The fourth-order valence-corrected chi connectivity index (χ4v) is 3.45. The summed E-state index contributed by atoms with van der Waals surface area (Å²) in [5, 5.41) is 3.91. The molecule has 1 aromatic heterocycles. The van der Waals surface area contributed by atoms with E-state index in [2.05, 4.69) is 10.3 Å². The van der Waals surface area contributed by atoms with E-state index >= 15 is 0 Å². The molecule has 1 fully saturated rings. The van der Waals surface area contributed by atoms with Crippen molar-refractivity contribution in [1.29, 1.82) is 0 Å². The number of nitrogens with one attached hydrogen (secondary N) is 1. The molecule has 3 rings (SSSR count). The number of carbonyl (C=O) groups is 1. The van der Waals surface area contributed by atoms with E-state index in [0.717, 1.165) is 28.8 Å². The predicted molar refractivity (Wildman–Crippen MR) is 103 cm³/mol. The number of rotatable bonds is 7. The number of benzene rings is 1. The fourth-order valence-electron chi connectivity index (χ4n) is 3.45. The Morgan fingerprint density at radius 1 is 1.23 bits per heavy atom. The highest BCUT2D eigenvalue weighted by atomic mass is 16.5. The Morgan fingerprint density at radius 2 is 2.04 bits per heavy atom. The third kappa shape index (κ3) is 4.73. The zero-order valence-corrected chi connectivity index (χ0v) is 15.7. The van der Waals surface area contributed by atoms with E-state index in [1.165, 1.54) is 32.1 Å². The number of carbonyl (C=O) groups excluding carboxylic acids is 1. The van der Waals surface area contributed by atoms with Crippen LogP contribution in [0.15, 0.2) is 24.3 Å². The second kappa shape index (κ2) is 8.99. The summed E-state index contributed by atoms with van der Waals surface area (Å²) in [6, 6.07) is 7.58. The van der Waals surface area contributed by atoms with Crippen LogP contribution in [0.2, 0.25) is 0 Å². The smallest absolute Gasteiger partial charge is 0.253 e. The van der Waals surface area contributed by atoms with Crippen molar-refractivity contribution in [3.05, 3.63) is 35.5 Å². The Balaban J connectivity index is 1.51. The molecule has 1 saturated carbocycles. The first-order valence-electron chi connectivity index (χ1n) is 9.52. The summed E-state index contributed by atoms with van der Waals surface area (Å²) in [7, 11) is 1.63. The number of hydrogen-bond donors (Lipinski definition) is 1. The molecule has 0 aliphatic heterocycles. The first-order valence-corrected chi connectivity index (χ1v) is 9.52. The average molecular weight is 356 g/mol. The highest BCUT2D eigenvalue weighted by Gasteiger charge is 2.14. The number of nitrogens with zero attached hydrogens (tertiary/aromatic N) is 1. The molecule has 1 aromatic carbocycles. The second-order valence-corrected chi connectivity index (χ2v) is 6.92. The maximum absolute atomic E-state index is 12.5. The topological polar surface area (TPSA) is 60.5 Å². The van der Waals surface area contributed by atoms with Gasteiger partial charge in [0.05, 0.1) is 30.0 Å². The summed E-state index contributed by atoms with van der Waals surface area (Å²) in [5.41, 5.74) is 2.18. The molecule has 140 valence electrons. The van der Waals surface area contributed by atoms with Gasteiger partial charge in [0.2, 0.25) is 0 Å². The van der Waals surface area contributed by atoms with Gasteiger partial charge in [-0.1, -0.05) is 19.3 Å². The molecule has 5 heteroatoms. The molecule has 0 unspecified atom stereocenters. The summed E-state index contributed by atoms with van der Waals surface area (Å²) < 4.78 is 11.1. The van der Waals surface area contributed by atoms with Gasteiger partial charge in [-0.05, 0) is 44.4 Å². The number of hydrogen-bond acceptors (Lipinski definition) is 4. The van der Waals surface area contributed by atoms with Gasteiger partial charge in [-0.25, -0.2) is 0 Å². The van der Waals surface area contributed by atoms with Gasteiger partial charge in [0.1, 0.15) is 5.75 Å². The lowest BCUT2D eigenvalue weighted by molar-refractivity contribution is 0.0273. The van der Waals surface area contributed by atoms with Gasteiger partial charge in [0, 0.05) is 24.6 Å². The van der Waals surface area contributed by atoms with Crippen LogP contribution in [0.25, 0.3) is 10.9 Å². The van der Waals surface area contributed by atoms with Crippen LogP contribution in [-0.2, 0) is 4.74 Å². The maximum atomic E-state index is 12.5. The van der Waals surface area contributed by atoms with Crippen molar-refractivity contribution in [2.45, 2.75) is 51.6 Å². The number of amides is 1. The largest absolute Gasteiger partial charge is 0.497 e. The molecule has 1 heterocycles. The minimum atomic E-state index is -0.0783. The number of methoxy groups -OCH3 is 1. The standard InChI is InChI=1S/C21H28N2O3/c1-15-19(13-16-9-10-18(25-2)14-20(16)23-15)21(24)22-11-6-12-26-17-7-4-3-5-8-17/h9-10,13-14,17H,3-8,11-12H2,1-2H3,(H,22,24). The third-order valence-corrected chi connectivity index (χ3v) is 4.97. The first-order chi connectivity index (χ1) is 12.7. The summed E-state index contributed by atoms with van der Waals surface area (Å²) in [4.78, 5) is 17.0. The van der Waals surface area contributed by atoms with E-state index in [1.54, 1.807) is 7.11 Å². The molecule has 0 atom stereocenters. The SMILES string of the molecule is COc1ccc2cc(C(=O)NCCCOC3CCCCC3)c(C)nc2c1. The van der Waals surface area contributed by atoms with Crippen molar-refractivity contribution in [1.82, 2.24) is 10.3 Å². The molecular formula is C21H28N2O3. The minimum Gasteiger partial charge on any atom is -0.497 e. The van der Waals surface area contributed by atoms with Crippen molar-refractivity contribution in [2.75, 3.05) is 20.3 Å². The van der Waals surface area contributed by atoms with Crippen LogP contribution in [-0.4, -0.2) is 37.3 Å². The lowest BCUT2D eigenvalue weighted by atomic mass is 9.98. The fraction of sp³-hybridized carbons (Fsp3) is 0.524. The highest BCUT2D eigenvalue weighted by molar-refractivity contribution is 5.98. The average Bonchev–Trinajstić information content (AvgIpc) is 2.67. The van der Waals surface area contributed by atoms with Gasteiger partial charge in [-0.3, -0.25) is 9.78 Å². The van der Waals surface area contributed by atoms with Crippen molar-refractivity contribution in [3.8, 4) is 5.75 Å². The Kier molecular flexibility index (Phi) is 6.45. The van der Waals surface area contributed by atoms with E-state index < -0.39 is 0 Å². The summed E-state index contributed by atoms with van der Waals surface area (Å²) in [5.74, 6) is 0.685. The van der Waals surface area contributed by atoms with Crippen LogP contribution < -0.4 is 10.1 Å². The van der Waals surface area contributed by atoms with Gasteiger partial charge < -0.3 is 14.8 Å². The van der Waals surface area contributed by atoms with Crippen LogP contribution in [0.5, 0.6) is 5.75 Å². The number of aryl methyl sites for hydroxylation is 1. The molecule has 1 amide bonds. The Labute approximate surface area is 155 Å². The van der Waals surface area contributed by atoms with Crippen molar-refractivity contribution >= 4 is 16.8 Å². The molecule has 1 aliphatic rings. The normalized spacial score (nSPS) is 15.2. The lowest BCUT2D eigenvalue weighted by Gasteiger charge is -2.21. The van der Waals surface area contributed by atoms with Crippen LogP contribution in [0.4, 0.5) is 0 Å². The zero-order chi connectivity index (χ0) is 18.4.